The van der Waals surface area contributed by atoms with Gasteiger partial charge in [-0.2, -0.15) is 4.31 Å². The number of nitrogens with zero attached hydrogens (tertiary/aromatic N) is 3. The second-order valence-corrected chi connectivity index (χ2v) is 7.51. The maximum absolute atomic E-state index is 13.0. The average molecular weight is 326 g/mol. The van der Waals surface area contributed by atoms with Crippen LogP contribution in [0.4, 0.5) is 11.4 Å². The van der Waals surface area contributed by atoms with Crippen molar-refractivity contribution in [3.63, 3.8) is 0 Å². The molecular formula is C15H26N4O2S. The third-order valence-electron chi connectivity index (χ3n) is 4.17. The molecule has 1 heterocycles. The lowest BCUT2D eigenvalue weighted by Crippen LogP contribution is -2.47. The Morgan fingerprint density at radius 3 is 2.27 bits per heavy atom. The van der Waals surface area contributed by atoms with E-state index in [2.05, 4.69) is 4.90 Å². The Morgan fingerprint density at radius 2 is 1.73 bits per heavy atom. The minimum atomic E-state index is -3.52. The summed E-state index contributed by atoms with van der Waals surface area (Å²) in [5, 5.41) is 0. The quantitative estimate of drug-likeness (QED) is 0.819. The molecule has 0 atom stereocenters. The number of likely N-dealkylation sites (N-methyl/N-ethyl adjacent to an activating group) is 1. The van der Waals surface area contributed by atoms with Crippen molar-refractivity contribution in [1.29, 1.82) is 0 Å². The molecule has 0 aliphatic carbocycles. The molecule has 7 heteroatoms. The molecule has 1 fully saturated rings. The van der Waals surface area contributed by atoms with Gasteiger partial charge in [-0.05, 0) is 39.1 Å². The summed E-state index contributed by atoms with van der Waals surface area (Å²) in [6.45, 7) is 8.09. The van der Waals surface area contributed by atoms with E-state index < -0.39 is 10.0 Å². The van der Waals surface area contributed by atoms with Crippen LogP contribution >= 0.6 is 0 Å². The Kier molecular flexibility index (Phi) is 5.31. The third kappa shape index (κ3) is 3.37. The molecule has 0 amide bonds. The number of nitrogens with two attached hydrogens (primary N) is 1. The van der Waals surface area contributed by atoms with Gasteiger partial charge in [-0.15, -0.1) is 0 Å². The topological polar surface area (TPSA) is 69.9 Å². The lowest BCUT2D eigenvalue weighted by molar-refractivity contribution is 0.222. The zero-order valence-corrected chi connectivity index (χ0v) is 14.4. The van der Waals surface area contributed by atoms with Gasteiger partial charge in [-0.1, -0.05) is 0 Å². The van der Waals surface area contributed by atoms with E-state index in [4.69, 9.17) is 5.73 Å². The van der Waals surface area contributed by atoms with E-state index in [1.54, 1.807) is 16.4 Å². The Morgan fingerprint density at radius 1 is 1.14 bits per heavy atom. The summed E-state index contributed by atoms with van der Waals surface area (Å²) in [7, 11) is -1.51. The number of rotatable bonds is 5. The molecule has 0 bridgehead atoms. The summed E-state index contributed by atoms with van der Waals surface area (Å²) < 4.78 is 27.6. The molecule has 0 unspecified atom stereocenters. The van der Waals surface area contributed by atoms with Gasteiger partial charge in [0.15, 0.2) is 0 Å². The molecule has 1 aromatic carbocycles. The van der Waals surface area contributed by atoms with Gasteiger partial charge in [0, 0.05) is 45.0 Å². The van der Waals surface area contributed by atoms with Gasteiger partial charge < -0.3 is 15.5 Å². The molecule has 2 N–H and O–H groups in total. The Labute approximate surface area is 133 Å². The zero-order chi connectivity index (χ0) is 16.3. The van der Waals surface area contributed by atoms with E-state index in [1.807, 2.05) is 31.9 Å². The number of piperazine rings is 1. The average Bonchev–Trinajstić information content (AvgIpc) is 2.50. The van der Waals surface area contributed by atoms with E-state index in [-0.39, 0.29) is 0 Å². The van der Waals surface area contributed by atoms with E-state index in [0.29, 0.717) is 23.7 Å². The number of nitrogen functional groups attached to an aromatic ring is 1. The summed E-state index contributed by atoms with van der Waals surface area (Å²) in [4.78, 5) is 4.50. The molecule has 1 aliphatic heterocycles. The van der Waals surface area contributed by atoms with Gasteiger partial charge >= 0.3 is 0 Å². The fraction of sp³-hybridized carbons (Fsp3) is 0.600. The largest absolute Gasteiger partial charge is 0.399 e. The third-order valence-corrected chi connectivity index (χ3v) is 6.10. The fourth-order valence-corrected chi connectivity index (χ4v) is 4.40. The maximum atomic E-state index is 13.0. The number of hydrogen-bond acceptors (Lipinski definition) is 5. The van der Waals surface area contributed by atoms with Gasteiger partial charge in [0.25, 0.3) is 0 Å². The molecule has 0 spiro atoms. The molecule has 6 nitrogen and oxygen atoms in total. The predicted octanol–water partition coefficient (Wildman–Crippen LogP) is 1.05. The van der Waals surface area contributed by atoms with Crippen LogP contribution in [0.25, 0.3) is 0 Å². The number of sulfonamides is 1. The predicted molar refractivity (Wildman–Crippen MR) is 90.7 cm³/mol. The van der Waals surface area contributed by atoms with E-state index in [1.165, 1.54) is 0 Å². The van der Waals surface area contributed by atoms with Crippen molar-refractivity contribution in [2.24, 2.45) is 0 Å². The van der Waals surface area contributed by atoms with Gasteiger partial charge in [-0.3, -0.25) is 0 Å². The summed E-state index contributed by atoms with van der Waals surface area (Å²) in [5.41, 5.74) is 7.06. The van der Waals surface area contributed by atoms with Crippen LogP contribution in [0.15, 0.2) is 23.1 Å². The zero-order valence-electron chi connectivity index (χ0n) is 13.6. The minimum Gasteiger partial charge on any atom is -0.399 e. The molecule has 1 aromatic rings. The molecule has 2 rings (SSSR count). The number of hydrogen-bond donors (Lipinski definition) is 1. The van der Waals surface area contributed by atoms with Crippen molar-refractivity contribution in [3.05, 3.63) is 18.2 Å². The van der Waals surface area contributed by atoms with Crippen molar-refractivity contribution in [3.8, 4) is 0 Å². The normalized spacial score (nSPS) is 17.6. The first-order valence-corrected chi connectivity index (χ1v) is 9.17. The molecule has 22 heavy (non-hydrogen) atoms. The molecule has 0 aromatic heterocycles. The van der Waals surface area contributed by atoms with Crippen LogP contribution in [0.1, 0.15) is 13.8 Å². The summed E-state index contributed by atoms with van der Waals surface area (Å²) in [6.07, 6.45) is 0. The van der Waals surface area contributed by atoms with Crippen molar-refractivity contribution >= 4 is 21.4 Å². The van der Waals surface area contributed by atoms with E-state index in [9.17, 15) is 8.42 Å². The van der Waals surface area contributed by atoms with Gasteiger partial charge in [-0.25, -0.2) is 8.42 Å². The Bertz CT molecular complexity index is 606. The first-order valence-electron chi connectivity index (χ1n) is 7.73. The van der Waals surface area contributed by atoms with Crippen LogP contribution in [-0.4, -0.2) is 63.9 Å². The van der Waals surface area contributed by atoms with Crippen LogP contribution in [0, 0.1) is 0 Å². The SMILES string of the molecule is CCN(CC)c1ccc(N)cc1S(=O)(=O)N1CCN(C)CC1. The lowest BCUT2D eigenvalue weighted by Gasteiger charge is -2.33. The number of benzene rings is 1. The van der Waals surface area contributed by atoms with Crippen LogP contribution in [0.3, 0.4) is 0 Å². The molecule has 0 radical (unpaired) electrons. The smallest absolute Gasteiger partial charge is 0.245 e. The monoisotopic (exact) mass is 326 g/mol. The molecule has 1 aliphatic rings. The van der Waals surface area contributed by atoms with Crippen LogP contribution < -0.4 is 10.6 Å². The van der Waals surface area contributed by atoms with Crippen molar-refractivity contribution in [1.82, 2.24) is 9.21 Å². The highest BCUT2D eigenvalue weighted by Crippen LogP contribution is 2.30. The highest BCUT2D eigenvalue weighted by atomic mass is 32.2. The molecule has 1 saturated heterocycles. The van der Waals surface area contributed by atoms with Crippen LogP contribution in [0.5, 0.6) is 0 Å². The maximum Gasteiger partial charge on any atom is 0.245 e. The summed E-state index contributed by atoms with van der Waals surface area (Å²) >= 11 is 0. The highest BCUT2D eigenvalue weighted by molar-refractivity contribution is 7.89. The molecule has 0 saturated carbocycles. The van der Waals surface area contributed by atoms with Crippen molar-refractivity contribution in [2.75, 3.05) is 56.9 Å². The second kappa shape index (κ2) is 6.85. The minimum absolute atomic E-state index is 0.320. The fourth-order valence-electron chi connectivity index (χ4n) is 2.73. The lowest BCUT2D eigenvalue weighted by atomic mass is 10.2. The van der Waals surface area contributed by atoms with Crippen molar-refractivity contribution < 1.29 is 8.42 Å². The first kappa shape index (κ1) is 17.1. The van der Waals surface area contributed by atoms with E-state index >= 15 is 0 Å². The van der Waals surface area contributed by atoms with Gasteiger partial charge in [0.1, 0.15) is 4.90 Å². The second-order valence-electron chi connectivity index (χ2n) is 5.61. The van der Waals surface area contributed by atoms with Gasteiger partial charge in [0.05, 0.1) is 5.69 Å². The first-order chi connectivity index (χ1) is 10.4. The summed E-state index contributed by atoms with van der Waals surface area (Å²) in [5.74, 6) is 0. The Hall–Kier alpha value is -1.31. The van der Waals surface area contributed by atoms with E-state index in [0.717, 1.165) is 31.9 Å². The highest BCUT2D eigenvalue weighted by Gasteiger charge is 2.30. The number of anilines is 2. The van der Waals surface area contributed by atoms with Crippen molar-refractivity contribution in [2.45, 2.75) is 18.7 Å². The molecular weight excluding hydrogens is 300 g/mol. The summed E-state index contributed by atoms with van der Waals surface area (Å²) in [6, 6.07) is 5.16. The Balaban J connectivity index is 2.43. The van der Waals surface area contributed by atoms with Crippen LogP contribution in [-0.2, 0) is 10.0 Å². The standard InChI is InChI=1S/C15H26N4O2S/c1-4-18(5-2)14-7-6-13(16)12-15(14)22(20,21)19-10-8-17(3)9-11-19/h6-7,12H,4-5,8-11,16H2,1-3H3. The van der Waals surface area contributed by atoms with Crippen LogP contribution in [0.2, 0.25) is 0 Å². The molecule has 124 valence electrons. The van der Waals surface area contributed by atoms with Gasteiger partial charge in [0.2, 0.25) is 10.0 Å².